The molecular formula is C30H34ClN3O2. The van der Waals surface area contributed by atoms with Crippen LogP contribution in [0.1, 0.15) is 49.6 Å². The molecule has 4 rings (SSSR count). The largest absolute Gasteiger partial charge is 0.493 e. The number of rotatable bonds is 12. The lowest BCUT2D eigenvalue weighted by Crippen LogP contribution is -2.28. The number of unbranched alkanes of at least 4 members (excludes halogenated alkanes) is 1. The number of aromatic nitrogens is 2. The number of imidazole rings is 1. The van der Waals surface area contributed by atoms with E-state index in [9.17, 15) is 4.79 Å². The SMILES string of the molecule is CC(C)c1ccccc1OCCCCn1c(CCNC(=O)Cc2ccccc2Cl)nc2ccccc21. The maximum atomic E-state index is 12.4. The van der Waals surface area contributed by atoms with Crippen LogP contribution in [-0.4, -0.2) is 28.6 Å². The molecule has 4 aromatic rings. The van der Waals surface area contributed by atoms with E-state index in [2.05, 4.69) is 48.0 Å². The predicted octanol–water partition coefficient (Wildman–Crippen LogP) is 6.57. The Balaban J connectivity index is 1.31. The molecule has 0 atom stereocenters. The second-order valence-corrected chi connectivity index (χ2v) is 9.69. The van der Waals surface area contributed by atoms with Gasteiger partial charge in [-0.25, -0.2) is 4.98 Å². The number of hydrogen-bond acceptors (Lipinski definition) is 3. The number of carbonyl (C=O) groups is 1. The molecule has 0 bridgehead atoms. The van der Waals surface area contributed by atoms with Crippen molar-refractivity contribution in [2.75, 3.05) is 13.2 Å². The van der Waals surface area contributed by atoms with Crippen molar-refractivity contribution in [2.45, 2.75) is 52.0 Å². The number of aryl methyl sites for hydroxylation is 1. The summed E-state index contributed by atoms with van der Waals surface area (Å²) >= 11 is 6.19. The van der Waals surface area contributed by atoms with E-state index in [0.717, 1.165) is 47.6 Å². The van der Waals surface area contributed by atoms with Crippen molar-refractivity contribution in [2.24, 2.45) is 0 Å². The molecule has 0 aliphatic carbocycles. The Kier molecular flexibility index (Phi) is 9.01. The molecule has 0 unspecified atom stereocenters. The first-order valence-corrected chi connectivity index (χ1v) is 13.1. The van der Waals surface area contributed by atoms with Gasteiger partial charge in [-0.1, -0.05) is 74.0 Å². The van der Waals surface area contributed by atoms with E-state index in [1.54, 1.807) is 6.07 Å². The lowest BCUT2D eigenvalue weighted by molar-refractivity contribution is -0.120. The van der Waals surface area contributed by atoms with Gasteiger partial charge in [0.2, 0.25) is 5.91 Å². The van der Waals surface area contributed by atoms with Crippen LogP contribution in [0.3, 0.4) is 0 Å². The Labute approximate surface area is 218 Å². The predicted molar refractivity (Wildman–Crippen MR) is 147 cm³/mol. The fourth-order valence-corrected chi connectivity index (χ4v) is 4.60. The molecule has 0 radical (unpaired) electrons. The van der Waals surface area contributed by atoms with Crippen LogP contribution in [0.15, 0.2) is 72.8 Å². The fourth-order valence-electron chi connectivity index (χ4n) is 4.40. The van der Waals surface area contributed by atoms with Crippen molar-refractivity contribution in [3.05, 3.63) is 94.8 Å². The highest BCUT2D eigenvalue weighted by Gasteiger charge is 2.12. The average molecular weight is 504 g/mol. The molecule has 36 heavy (non-hydrogen) atoms. The third kappa shape index (κ3) is 6.67. The minimum absolute atomic E-state index is 0.0374. The summed E-state index contributed by atoms with van der Waals surface area (Å²) in [5.41, 5.74) is 4.19. The first-order chi connectivity index (χ1) is 17.5. The van der Waals surface area contributed by atoms with E-state index in [1.807, 2.05) is 42.5 Å². The second kappa shape index (κ2) is 12.6. The van der Waals surface area contributed by atoms with Gasteiger partial charge in [0.15, 0.2) is 0 Å². The summed E-state index contributed by atoms with van der Waals surface area (Å²) in [6, 6.07) is 23.9. The standard InChI is InChI=1S/C30H34ClN3O2/c1-22(2)24-12-4-8-16-28(24)36-20-10-9-19-34-27-15-7-6-14-26(27)33-29(34)17-18-32-30(35)21-23-11-3-5-13-25(23)31/h3-8,11-16,22H,9-10,17-21H2,1-2H3,(H,32,35). The number of halogens is 1. The van der Waals surface area contributed by atoms with Crippen molar-refractivity contribution in [1.82, 2.24) is 14.9 Å². The third-order valence-electron chi connectivity index (χ3n) is 6.29. The highest BCUT2D eigenvalue weighted by atomic mass is 35.5. The van der Waals surface area contributed by atoms with Crippen LogP contribution in [0, 0.1) is 0 Å². The van der Waals surface area contributed by atoms with Crippen molar-refractivity contribution in [3.63, 3.8) is 0 Å². The van der Waals surface area contributed by atoms with Crippen LogP contribution in [0.5, 0.6) is 5.75 Å². The van der Waals surface area contributed by atoms with Gasteiger partial charge in [-0.2, -0.15) is 0 Å². The Hall–Kier alpha value is -3.31. The number of carbonyl (C=O) groups excluding carboxylic acids is 1. The lowest BCUT2D eigenvalue weighted by atomic mass is 10.0. The average Bonchev–Trinajstić information content (AvgIpc) is 3.22. The van der Waals surface area contributed by atoms with E-state index in [4.69, 9.17) is 21.3 Å². The number of nitrogens with one attached hydrogen (secondary N) is 1. The summed E-state index contributed by atoms with van der Waals surface area (Å²) in [5.74, 6) is 2.37. The highest BCUT2D eigenvalue weighted by molar-refractivity contribution is 6.31. The number of ether oxygens (including phenoxy) is 1. The summed E-state index contributed by atoms with van der Waals surface area (Å²) in [7, 11) is 0. The Morgan fingerprint density at radius 2 is 1.75 bits per heavy atom. The molecule has 1 N–H and O–H groups in total. The van der Waals surface area contributed by atoms with Crippen LogP contribution in [0.25, 0.3) is 11.0 Å². The molecule has 0 spiro atoms. The van der Waals surface area contributed by atoms with Crippen LogP contribution in [-0.2, 0) is 24.2 Å². The van der Waals surface area contributed by atoms with Crippen molar-refractivity contribution in [1.29, 1.82) is 0 Å². The van der Waals surface area contributed by atoms with Crippen LogP contribution >= 0.6 is 11.6 Å². The van der Waals surface area contributed by atoms with Gasteiger partial charge in [-0.05, 0) is 54.2 Å². The van der Waals surface area contributed by atoms with E-state index >= 15 is 0 Å². The minimum Gasteiger partial charge on any atom is -0.493 e. The maximum absolute atomic E-state index is 12.4. The fraction of sp³-hybridized carbons (Fsp3) is 0.333. The summed E-state index contributed by atoms with van der Waals surface area (Å²) in [6.45, 7) is 6.45. The topological polar surface area (TPSA) is 56.1 Å². The number of benzene rings is 3. The van der Waals surface area contributed by atoms with Gasteiger partial charge >= 0.3 is 0 Å². The normalized spacial score (nSPS) is 11.2. The molecule has 0 saturated heterocycles. The molecule has 1 amide bonds. The second-order valence-electron chi connectivity index (χ2n) is 9.28. The Morgan fingerprint density at radius 3 is 2.58 bits per heavy atom. The first-order valence-electron chi connectivity index (χ1n) is 12.7. The number of amides is 1. The number of para-hydroxylation sites is 3. The monoisotopic (exact) mass is 503 g/mol. The lowest BCUT2D eigenvalue weighted by Gasteiger charge is -2.14. The van der Waals surface area contributed by atoms with E-state index in [1.165, 1.54) is 5.56 Å². The van der Waals surface area contributed by atoms with E-state index in [-0.39, 0.29) is 12.3 Å². The van der Waals surface area contributed by atoms with Gasteiger partial charge in [0.05, 0.1) is 24.1 Å². The molecule has 1 aromatic heterocycles. The zero-order valence-corrected chi connectivity index (χ0v) is 21.8. The minimum atomic E-state index is -0.0374. The van der Waals surface area contributed by atoms with Crippen LogP contribution < -0.4 is 10.1 Å². The molecule has 0 fully saturated rings. The Morgan fingerprint density at radius 1 is 1.00 bits per heavy atom. The summed E-state index contributed by atoms with van der Waals surface area (Å²) in [4.78, 5) is 17.3. The number of fused-ring (bicyclic) bond motifs is 1. The van der Waals surface area contributed by atoms with Gasteiger partial charge < -0.3 is 14.6 Å². The zero-order valence-electron chi connectivity index (χ0n) is 21.0. The molecule has 0 aliphatic rings. The van der Waals surface area contributed by atoms with E-state index in [0.29, 0.717) is 30.5 Å². The molecule has 188 valence electrons. The van der Waals surface area contributed by atoms with Gasteiger partial charge in [0, 0.05) is 24.5 Å². The molecule has 5 nitrogen and oxygen atoms in total. The van der Waals surface area contributed by atoms with Crippen molar-refractivity contribution < 1.29 is 9.53 Å². The summed E-state index contributed by atoms with van der Waals surface area (Å²) in [5, 5.41) is 3.63. The van der Waals surface area contributed by atoms with Gasteiger partial charge in [-0.3, -0.25) is 4.79 Å². The number of nitrogens with zero attached hydrogens (tertiary/aromatic N) is 2. The van der Waals surface area contributed by atoms with Crippen molar-refractivity contribution in [3.8, 4) is 5.75 Å². The quantitative estimate of drug-likeness (QED) is 0.222. The van der Waals surface area contributed by atoms with E-state index < -0.39 is 0 Å². The zero-order chi connectivity index (χ0) is 25.3. The summed E-state index contributed by atoms with van der Waals surface area (Å²) in [6.07, 6.45) is 2.88. The molecule has 6 heteroatoms. The number of hydrogen-bond donors (Lipinski definition) is 1. The third-order valence-corrected chi connectivity index (χ3v) is 6.66. The molecule has 1 heterocycles. The smallest absolute Gasteiger partial charge is 0.224 e. The molecule has 3 aromatic carbocycles. The maximum Gasteiger partial charge on any atom is 0.224 e. The van der Waals surface area contributed by atoms with Crippen LogP contribution in [0.4, 0.5) is 0 Å². The van der Waals surface area contributed by atoms with Gasteiger partial charge in [-0.15, -0.1) is 0 Å². The van der Waals surface area contributed by atoms with Crippen molar-refractivity contribution >= 4 is 28.5 Å². The first kappa shape index (κ1) is 25.8. The van der Waals surface area contributed by atoms with Gasteiger partial charge in [0.25, 0.3) is 0 Å². The molecule has 0 saturated carbocycles. The van der Waals surface area contributed by atoms with Crippen LogP contribution in [0.2, 0.25) is 5.02 Å². The molecule has 0 aliphatic heterocycles. The summed E-state index contributed by atoms with van der Waals surface area (Å²) < 4.78 is 8.38. The van der Waals surface area contributed by atoms with Gasteiger partial charge in [0.1, 0.15) is 11.6 Å². The highest BCUT2D eigenvalue weighted by Crippen LogP contribution is 2.26. The molecular weight excluding hydrogens is 470 g/mol. The Bertz CT molecular complexity index is 1300.